The molecule has 0 aliphatic carbocycles. The molecule has 19 nitrogen and oxygen atoms in total. The van der Waals surface area contributed by atoms with Crippen LogP contribution in [0.2, 0.25) is 0 Å². The van der Waals surface area contributed by atoms with E-state index < -0.39 is 0 Å². The van der Waals surface area contributed by atoms with Gasteiger partial charge in [0.15, 0.2) is 52.4 Å². The molecule has 0 aliphatic heterocycles. The lowest BCUT2D eigenvalue weighted by Crippen LogP contribution is -2.01. The Morgan fingerprint density at radius 2 is 0.236 bits per heavy atom. The van der Waals surface area contributed by atoms with Gasteiger partial charge in [-0.3, -0.25) is 49.8 Å². The van der Waals surface area contributed by atoms with Crippen molar-refractivity contribution < 1.29 is 0 Å². The average molecular weight is 1850 g/mol. The van der Waals surface area contributed by atoms with Crippen LogP contribution < -0.4 is 0 Å². The van der Waals surface area contributed by atoms with Gasteiger partial charge >= 0.3 is 0 Å². The summed E-state index contributed by atoms with van der Waals surface area (Å²) < 4.78 is 0. The molecule has 13 heterocycles. The Balaban J connectivity index is 0.000000123. The zero-order valence-corrected chi connectivity index (χ0v) is 77.4. The summed E-state index contributed by atoms with van der Waals surface area (Å²) in [5.41, 5.74) is 32.1. The molecule has 0 atom stereocenters. The van der Waals surface area contributed by atoms with E-state index in [0.29, 0.717) is 52.4 Å². The SMILES string of the molecule is c1cc(-c2ccc(-c3nc(-c4ccc(-c5ccncc5)cc4)nc(-c4cc(-c5ccncc5)cc(-c5ccncc5)c4)n3)cc2)ccn1.c1ccc(-c2ccc(-c3nc(-c4ccc(-c5ccccc5)cc4)nc(-c4cc(-c5ccccn5)cc(-c5ccccn5)c4)n3)cc2)cc1.c1ccc(-c2ccc(-c3nc(-c4ccc(-c5ccccn5)cc4)nc(-c4cc(-c5ccccn5)cc(-c5ccccn5)c4)n3)cc2)nc1. The molecule has 0 N–H and O–H groups in total. The molecular weight excluding hydrogens is 1770 g/mol. The van der Waals surface area contributed by atoms with Crippen LogP contribution in [-0.4, -0.2) is 94.7 Å². The highest BCUT2D eigenvalue weighted by atomic mass is 15.1. The van der Waals surface area contributed by atoms with Gasteiger partial charge in [0.1, 0.15) is 0 Å². The standard InChI is InChI=1S/C43H29N5.2C41H27N7/c1-3-11-30(12-4-1)32-17-21-34(22-18-32)41-46-42(35-23-19-33(20-24-35)31-13-5-2-6-14-31)48-43(47-41)38-28-36(39-15-7-9-25-44-39)27-37(29-38)40-16-8-10-26-45-40;1-5-34(6-2-28(1)30-9-17-42-18-10-30)39-46-40(35-7-3-29(4-8-35)31-11-19-43-20-12-31)48-41(47-39)38-26-36(32-13-21-44-22-14-32)25-37(27-38)33-15-23-45-24-16-33;1-5-21-42-35(9-1)28-13-17-30(18-14-28)39-46-40(31-19-15-29(16-20-31)36-10-2-6-22-43-36)48-41(47-39)34-26-32(37-11-3-7-23-44-37)25-33(27-34)38-12-4-8-24-45-38/h1-29H;2*1-27H. The van der Waals surface area contributed by atoms with Crippen molar-refractivity contribution in [3.8, 4) is 237 Å². The molecule has 144 heavy (non-hydrogen) atoms. The molecule has 0 saturated heterocycles. The number of rotatable bonds is 21. The summed E-state index contributed by atoms with van der Waals surface area (Å²) in [5.74, 6) is 5.23. The van der Waals surface area contributed by atoms with Gasteiger partial charge in [-0.1, -0.05) is 243 Å². The van der Waals surface area contributed by atoms with E-state index in [1.165, 1.54) is 0 Å². The molecule has 24 rings (SSSR count). The van der Waals surface area contributed by atoms with Gasteiger partial charge in [-0.15, -0.1) is 0 Å². The molecule has 11 aromatic carbocycles. The van der Waals surface area contributed by atoms with Crippen molar-refractivity contribution in [2.24, 2.45) is 0 Å². The van der Waals surface area contributed by atoms with Crippen LogP contribution >= 0.6 is 0 Å². The fourth-order valence-corrected chi connectivity index (χ4v) is 17.0. The third-order valence-electron chi connectivity index (χ3n) is 24.4. The van der Waals surface area contributed by atoms with Crippen LogP contribution in [-0.2, 0) is 0 Å². The topological polar surface area (TPSA) is 245 Å². The Hall–Kier alpha value is -20.1. The van der Waals surface area contributed by atoms with Crippen LogP contribution in [0.1, 0.15) is 0 Å². The monoisotopic (exact) mass is 1850 g/mol. The van der Waals surface area contributed by atoms with Gasteiger partial charge in [0, 0.05) is 170 Å². The van der Waals surface area contributed by atoms with Crippen LogP contribution in [0.4, 0.5) is 0 Å². The van der Waals surface area contributed by atoms with Crippen LogP contribution in [0.5, 0.6) is 0 Å². The van der Waals surface area contributed by atoms with E-state index in [1.807, 2.05) is 218 Å². The highest BCUT2D eigenvalue weighted by Gasteiger charge is 2.22. The van der Waals surface area contributed by atoms with Gasteiger partial charge in [-0.05, 0) is 243 Å². The van der Waals surface area contributed by atoms with Crippen molar-refractivity contribution >= 4 is 0 Å². The van der Waals surface area contributed by atoms with Crippen LogP contribution in [0.3, 0.4) is 0 Å². The molecule has 678 valence electrons. The van der Waals surface area contributed by atoms with Gasteiger partial charge in [0.25, 0.3) is 0 Å². The predicted octanol–water partition coefficient (Wildman–Crippen LogP) is 28.6. The molecule has 0 radical (unpaired) electrons. The maximum Gasteiger partial charge on any atom is 0.164 e. The summed E-state index contributed by atoms with van der Waals surface area (Å²) in [6.45, 7) is 0. The van der Waals surface area contributed by atoms with Crippen molar-refractivity contribution in [2.45, 2.75) is 0 Å². The fraction of sp³-hybridized carbons (Fsp3) is 0. The third-order valence-corrected chi connectivity index (χ3v) is 24.4. The van der Waals surface area contributed by atoms with E-state index in [0.717, 1.165) is 184 Å². The maximum atomic E-state index is 5.07. The predicted molar refractivity (Wildman–Crippen MR) is 572 cm³/mol. The van der Waals surface area contributed by atoms with E-state index in [9.17, 15) is 0 Å². The highest BCUT2D eigenvalue weighted by Crippen LogP contribution is 2.40. The first-order chi connectivity index (χ1) is 71.3. The second-order valence-corrected chi connectivity index (χ2v) is 33.7. The zero-order chi connectivity index (χ0) is 96.4. The molecule has 0 bridgehead atoms. The summed E-state index contributed by atoms with van der Waals surface area (Å²) >= 11 is 0. The first-order valence-electron chi connectivity index (χ1n) is 46.9. The van der Waals surface area contributed by atoms with Gasteiger partial charge < -0.3 is 0 Å². The molecule has 0 fully saturated rings. The number of hydrogen-bond donors (Lipinski definition) is 0. The second kappa shape index (κ2) is 42.3. The summed E-state index contributed by atoms with van der Waals surface area (Å²) in [6.07, 6.45) is 25.2. The van der Waals surface area contributed by atoms with Crippen molar-refractivity contribution in [3.05, 3.63) is 505 Å². The molecule has 13 aromatic heterocycles. The highest BCUT2D eigenvalue weighted by molar-refractivity contribution is 5.85. The third kappa shape index (κ3) is 20.9. The minimum absolute atomic E-state index is 0.549. The Bertz CT molecular complexity index is 7200. The minimum Gasteiger partial charge on any atom is -0.265 e. The van der Waals surface area contributed by atoms with Gasteiger partial charge in [-0.2, -0.15) is 0 Å². The van der Waals surface area contributed by atoms with Crippen LogP contribution in [0.15, 0.2) is 505 Å². The quantitative estimate of drug-likeness (QED) is 0.0649. The maximum absolute atomic E-state index is 5.07. The van der Waals surface area contributed by atoms with E-state index >= 15 is 0 Å². The first-order valence-corrected chi connectivity index (χ1v) is 46.9. The van der Waals surface area contributed by atoms with E-state index in [-0.39, 0.29) is 0 Å². The zero-order valence-electron chi connectivity index (χ0n) is 77.4. The largest absolute Gasteiger partial charge is 0.265 e. The minimum atomic E-state index is 0.549. The molecule has 0 saturated carbocycles. The van der Waals surface area contributed by atoms with Crippen molar-refractivity contribution in [3.63, 3.8) is 0 Å². The van der Waals surface area contributed by atoms with Crippen molar-refractivity contribution in [1.29, 1.82) is 0 Å². The summed E-state index contributed by atoms with van der Waals surface area (Å²) in [5, 5.41) is 0. The van der Waals surface area contributed by atoms with Gasteiger partial charge in [0.05, 0.1) is 34.2 Å². The van der Waals surface area contributed by atoms with E-state index in [1.54, 1.807) is 86.8 Å². The summed E-state index contributed by atoms with van der Waals surface area (Å²) in [7, 11) is 0. The van der Waals surface area contributed by atoms with Crippen LogP contribution in [0, 0.1) is 0 Å². The van der Waals surface area contributed by atoms with E-state index in [2.05, 4.69) is 250 Å². The summed E-state index contributed by atoms with van der Waals surface area (Å²) in [6, 6.07) is 141. The average Bonchev–Trinajstić information content (AvgIpc) is 0.784. The molecule has 19 heteroatoms. The smallest absolute Gasteiger partial charge is 0.164 e. The normalized spacial score (nSPS) is 10.9. The van der Waals surface area contributed by atoms with Crippen LogP contribution in [0.25, 0.3) is 237 Å². The number of aromatic nitrogens is 19. The van der Waals surface area contributed by atoms with Crippen molar-refractivity contribution in [2.75, 3.05) is 0 Å². The molecule has 0 aliphatic rings. The van der Waals surface area contributed by atoms with Gasteiger partial charge in [0.2, 0.25) is 0 Å². The fourth-order valence-electron chi connectivity index (χ4n) is 17.0. The number of benzene rings is 11. The summed E-state index contributed by atoms with van der Waals surface area (Å²) in [4.78, 5) is 89.7. The molecular formula is C125H83N19. The molecule has 0 unspecified atom stereocenters. The Labute approximate surface area is 831 Å². The number of hydrogen-bond acceptors (Lipinski definition) is 19. The lowest BCUT2D eigenvalue weighted by Gasteiger charge is -2.13. The number of nitrogens with zero attached hydrogens (tertiary/aromatic N) is 19. The lowest BCUT2D eigenvalue weighted by atomic mass is 9.96. The molecule has 0 amide bonds. The van der Waals surface area contributed by atoms with Crippen molar-refractivity contribution in [1.82, 2.24) is 94.7 Å². The van der Waals surface area contributed by atoms with Gasteiger partial charge in [-0.25, -0.2) is 44.9 Å². The van der Waals surface area contributed by atoms with E-state index in [4.69, 9.17) is 44.9 Å². The Morgan fingerprint density at radius 1 is 0.0903 bits per heavy atom. The lowest BCUT2D eigenvalue weighted by molar-refractivity contribution is 1.07. The second-order valence-electron chi connectivity index (χ2n) is 33.7. The Morgan fingerprint density at radius 3 is 0.444 bits per heavy atom. The molecule has 0 spiro atoms. The first kappa shape index (κ1) is 89.2. The Kier molecular flexibility index (Phi) is 26.2. The number of pyridine rings is 10. The molecule has 24 aromatic rings.